The summed E-state index contributed by atoms with van der Waals surface area (Å²) in [7, 11) is 4.76. The summed E-state index contributed by atoms with van der Waals surface area (Å²) in [5, 5.41) is 6.59. The number of rotatable bonds is 5. The lowest BCUT2D eigenvalue weighted by Crippen LogP contribution is -2.08. The van der Waals surface area contributed by atoms with Crippen LogP contribution >= 0.6 is 0 Å². The molecule has 1 spiro atoms. The van der Waals surface area contributed by atoms with Crippen LogP contribution in [-0.4, -0.2) is 37.8 Å². The summed E-state index contributed by atoms with van der Waals surface area (Å²) in [4.78, 5) is 9.05. The van der Waals surface area contributed by atoms with E-state index >= 15 is 0 Å². The maximum Gasteiger partial charge on any atom is 0.229 e. The summed E-state index contributed by atoms with van der Waals surface area (Å²) in [6, 6.07) is 3.65. The number of methoxy groups -OCH3 is 3. The van der Waals surface area contributed by atoms with Crippen molar-refractivity contribution in [3.05, 3.63) is 23.9 Å². The number of benzene rings is 1. The van der Waals surface area contributed by atoms with Gasteiger partial charge in [-0.15, -0.1) is 0 Å². The number of fused-ring (bicyclic) bond motifs is 2. The van der Waals surface area contributed by atoms with Crippen molar-refractivity contribution in [1.29, 1.82) is 0 Å². The Bertz CT molecular complexity index is 764. The van der Waals surface area contributed by atoms with E-state index in [1.807, 2.05) is 18.3 Å². The monoisotopic (exact) mass is 328 g/mol. The van der Waals surface area contributed by atoms with E-state index in [0.717, 1.165) is 18.1 Å². The van der Waals surface area contributed by atoms with Crippen LogP contribution in [0.5, 0.6) is 17.2 Å². The lowest BCUT2D eigenvalue weighted by Gasteiger charge is -2.14. The molecule has 1 saturated carbocycles. The first-order valence-corrected chi connectivity index (χ1v) is 7.87. The Balaban J connectivity index is 1.64. The van der Waals surface area contributed by atoms with Gasteiger partial charge in [0.25, 0.3) is 0 Å². The Morgan fingerprint density at radius 3 is 2.38 bits per heavy atom. The minimum Gasteiger partial charge on any atom is -0.493 e. The number of hydrogen-bond acceptors (Lipinski definition) is 7. The van der Waals surface area contributed by atoms with Gasteiger partial charge in [0.2, 0.25) is 11.7 Å². The van der Waals surface area contributed by atoms with Crippen molar-refractivity contribution in [2.45, 2.75) is 18.3 Å². The normalized spacial score (nSPS) is 16.3. The zero-order valence-corrected chi connectivity index (χ0v) is 14.0. The maximum absolute atomic E-state index is 5.37. The third-order valence-electron chi connectivity index (χ3n) is 4.73. The van der Waals surface area contributed by atoms with Crippen LogP contribution in [0, 0.1) is 0 Å². The molecule has 0 saturated heterocycles. The first-order chi connectivity index (χ1) is 11.7. The SMILES string of the molecule is COc1cc(Nc2ncc3c(n2)NCC32CC2)cc(OC)c1OC. The molecule has 7 nitrogen and oxygen atoms in total. The molecule has 0 bridgehead atoms. The lowest BCUT2D eigenvalue weighted by molar-refractivity contribution is 0.324. The number of nitrogens with one attached hydrogen (secondary N) is 2. The van der Waals surface area contributed by atoms with Crippen molar-refractivity contribution < 1.29 is 14.2 Å². The summed E-state index contributed by atoms with van der Waals surface area (Å²) in [6.07, 6.45) is 4.36. The van der Waals surface area contributed by atoms with E-state index in [4.69, 9.17) is 14.2 Å². The molecule has 126 valence electrons. The fourth-order valence-corrected chi connectivity index (χ4v) is 3.19. The van der Waals surface area contributed by atoms with Crippen molar-refractivity contribution in [3.8, 4) is 17.2 Å². The molecule has 2 N–H and O–H groups in total. The van der Waals surface area contributed by atoms with E-state index < -0.39 is 0 Å². The summed E-state index contributed by atoms with van der Waals surface area (Å²) >= 11 is 0. The molecule has 0 amide bonds. The standard InChI is InChI=1S/C17H20N4O3/c1-22-12-6-10(7-13(23-2)14(12)24-3)20-16-18-8-11-15(21-16)19-9-17(11)4-5-17/h6-8H,4-5,9H2,1-3H3,(H2,18,19,20,21). The number of ether oxygens (including phenoxy) is 3. The molecule has 0 radical (unpaired) electrons. The predicted molar refractivity (Wildman–Crippen MR) is 90.8 cm³/mol. The van der Waals surface area contributed by atoms with Gasteiger partial charge in [-0.1, -0.05) is 0 Å². The van der Waals surface area contributed by atoms with Crippen molar-refractivity contribution in [1.82, 2.24) is 9.97 Å². The average Bonchev–Trinajstić information content (AvgIpc) is 3.31. The topological polar surface area (TPSA) is 77.5 Å². The van der Waals surface area contributed by atoms with Gasteiger partial charge in [-0.05, 0) is 12.8 Å². The zero-order valence-electron chi connectivity index (χ0n) is 14.0. The van der Waals surface area contributed by atoms with E-state index in [1.165, 1.54) is 18.4 Å². The molecular formula is C17H20N4O3. The van der Waals surface area contributed by atoms with Gasteiger partial charge in [0.15, 0.2) is 11.5 Å². The highest BCUT2D eigenvalue weighted by atomic mass is 16.5. The third-order valence-corrected chi connectivity index (χ3v) is 4.73. The van der Waals surface area contributed by atoms with Crippen molar-refractivity contribution >= 4 is 17.5 Å². The highest BCUT2D eigenvalue weighted by molar-refractivity contribution is 5.67. The average molecular weight is 328 g/mol. The molecule has 4 rings (SSSR count). The smallest absolute Gasteiger partial charge is 0.229 e. The number of nitrogens with zero attached hydrogens (tertiary/aromatic N) is 2. The molecule has 2 aliphatic rings. The fraction of sp³-hybridized carbons (Fsp3) is 0.412. The van der Waals surface area contributed by atoms with Crippen LogP contribution in [0.3, 0.4) is 0 Å². The molecule has 1 aromatic heterocycles. The molecule has 0 unspecified atom stereocenters. The van der Waals surface area contributed by atoms with Crippen LogP contribution < -0.4 is 24.8 Å². The summed E-state index contributed by atoms with van der Waals surface area (Å²) in [5.41, 5.74) is 2.29. The third kappa shape index (κ3) is 2.28. The Labute approximate surface area is 140 Å². The predicted octanol–water partition coefficient (Wildman–Crippen LogP) is 2.70. The highest BCUT2D eigenvalue weighted by Crippen LogP contribution is 2.53. The quantitative estimate of drug-likeness (QED) is 0.873. The van der Waals surface area contributed by atoms with E-state index in [1.54, 1.807) is 21.3 Å². The maximum atomic E-state index is 5.37. The van der Waals surface area contributed by atoms with E-state index in [-0.39, 0.29) is 0 Å². The van der Waals surface area contributed by atoms with Crippen molar-refractivity contribution in [2.24, 2.45) is 0 Å². The zero-order chi connectivity index (χ0) is 16.7. The van der Waals surface area contributed by atoms with Gasteiger partial charge in [0.1, 0.15) is 5.82 Å². The summed E-state index contributed by atoms with van der Waals surface area (Å²) in [6.45, 7) is 0.963. The van der Waals surface area contributed by atoms with Gasteiger partial charge in [-0.2, -0.15) is 4.98 Å². The van der Waals surface area contributed by atoms with Gasteiger partial charge in [-0.3, -0.25) is 0 Å². The Morgan fingerprint density at radius 2 is 1.79 bits per heavy atom. The molecule has 1 aliphatic heterocycles. The summed E-state index contributed by atoms with van der Waals surface area (Å²) < 4.78 is 16.1. The van der Waals surface area contributed by atoms with Crippen LogP contribution in [0.1, 0.15) is 18.4 Å². The van der Waals surface area contributed by atoms with Crippen molar-refractivity contribution in [2.75, 3.05) is 38.5 Å². The largest absolute Gasteiger partial charge is 0.493 e. The van der Waals surface area contributed by atoms with Crippen LogP contribution in [0.15, 0.2) is 18.3 Å². The minimum absolute atomic E-state index is 0.292. The van der Waals surface area contributed by atoms with E-state index in [9.17, 15) is 0 Å². The molecule has 1 aromatic carbocycles. The molecule has 7 heteroatoms. The Morgan fingerprint density at radius 1 is 1.08 bits per heavy atom. The number of aromatic nitrogens is 2. The Kier molecular flexibility index (Phi) is 3.37. The second kappa shape index (κ2) is 5.43. The summed E-state index contributed by atoms with van der Waals surface area (Å²) in [5.74, 6) is 3.18. The first kappa shape index (κ1) is 14.9. The first-order valence-electron chi connectivity index (χ1n) is 7.87. The van der Waals surface area contributed by atoms with Gasteiger partial charge >= 0.3 is 0 Å². The fourth-order valence-electron chi connectivity index (χ4n) is 3.19. The van der Waals surface area contributed by atoms with Crippen molar-refractivity contribution in [3.63, 3.8) is 0 Å². The van der Waals surface area contributed by atoms with Crippen LogP contribution in [0.4, 0.5) is 17.5 Å². The van der Waals surface area contributed by atoms with Gasteiger partial charge in [0, 0.05) is 41.5 Å². The van der Waals surface area contributed by atoms with Gasteiger partial charge in [0.05, 0.1) is 21.3 Å². The van der Waals surface area contributed by atoms with E-state index in [2.05, 4.69) is 20.6 Å². The van der Waals surface area contributed by atoms with Crippen LogP contribution in [-0.2, 0) is 5.41 Å². The molecule has 1 fully saturated rings. The minimum atomic E-state index is 0.292. The second-order valence-electron chi connectivity index (χ2n) is 6.13. The molecule has 2 heterocycles. The molecule has 0 atom stereocenters. The van der Waals surface area contributed by atoms with Gasteiger partial charge < -0.3 is 24.8 Å². The molecule has 2 aromatic rings. The van der Waals surface area contributed by atoms with Gasteiger partial charge in [-0.25, -0.2) is 4.98 Å². The Hall–Kier alpha value is -2.70. The molecular weight excluding hydrogens is 308 g/mol. The molecule has 1 aliphatic carbocycles. The number of anilines is 3. The second-order valence-corrected chi connectivity index (χ2v) is 6.13. The van der Waals surface area contributed by atoms with E-state index in [0.29, 0.717) is 28.6 Å². The highest BCUT2D eigenvalue weighted by Gasteiger charge is 2.49. The number of hydrogen-bond donors (Lipinski definition) is 2. The molecule has 24 heavy (non-hydrogen) atoms. The van der Waals surface area contributed by atoms with Crippen LogP contribution in [0.2, 0.25) is 0 Å². The lowest BCUT2D eigenvalue weighted by atomic mass is 10.0. The van der Waals surface area contributed by atoms with Crippen LogP contribution in [0.25, 0.3) is 0 Å².